The lowest BCUT2D eigenvalue weighted by atomic mass is 10.2. The lowest BCUT2D eigenvalue weighted by Crippen LogP contribution is -2.19. The number of aliphatic hydroxyl groups is 1. The monoisotopic (exact) mass is 374 g/mol. The second-order valence-electron chi connectivity index (χ2n) is 6.13. The smallest absolute Gasteiger partial charge is 0.255 e. The van der Waals surface area contributed by atoms with Crippen LogP contribution in [-0.4, -0.2) is 40.6 Å². The molecule has 1 heterocycles. The van der Waals surface area contributed by atoms with Gasteiger partial charge in [0.2, 0.25) is 5.95 Å². The van der Waals surface area contributed by atoms with E-state index in [1.54, 1.807) is 13.1 Å². The fourth-order valence-electron chi connectivity index (χ4n) is 2.46. The van der Waals surface area contributed by atoms with Crippen LogP contribution in [0.25, 0.3) is 0 Å². The van der Waals surface area contributed by atoms with Crippen molar-refractivity contribution < 1.29 is 14.6 Å². The molecule has 0 bridgehead atoms. The van der Waals surface area contributed by atoms with E-state index in [1.165, 1.54) is 0 Å². The Kier molecular flexibility index (Phi) is 7.36. The molecule has 1 aromatic heterocycles. The molecule has 0 radical (unpaired) electrons. The quantitative estimate of drug-likeness (QED) is 0.459. The Morgan fingerprint density at radius 2 is 2.15 bits per heavy atom. The van der Waals surface area contributed by atoms with Gasteiger partial charge in [-0.15, -0.1) is 0 Å². The molecule has 0 amide bonds. The molecule has 0 atom stereocenters. The standard InChI is InChI=1S/C19H26N4O4/c1-5-26-17-10-14(6-7-16(17)27-12(2)3)11-20-23-19-21-13(4)15(8-9-24)18(25)22-19/h6-7,10-12,24H,5,8-9H2,1-4H3,(H2,21,22,23,25)/b20-11-. The van der Waals surface area contributed by atoms with Crippen molar-refractivity contribution in [3.8, 4) is 11.5 Å². The number of aliphatic hydroxyl groups excluding tert-OH is 1. The molecule has 0 fully saturated rings. The summed E-state index contributed by atoms with van der Waals surface area (Å²) in [6.45, 7) is 7.96. The molecule has 3 N–H and O–H groups in total. The van der Waals surface area contributed by atoms with Crippen LogP contribution in [0.5, 0.6) is 11.5 Å². The molecule has 8 nitrogen and oxygen atoms in total. The van der Waals surface area contributed by atoms with Crippen molar-refractivity contribution in [3.63, 3.8) is 0 Å². The van der Waals surface area contributed by atoms with Gasteiger partial charge >= 0.3 is 0 Å². The Labute approximate surface area is 158 Å². The van der Waals surface area contributed by atoms with Crippen LogP contribution in [0.4, 0.5) is 5.95 Å². The molecule has 8 heteroatoms. The van der Waals surface area contributed by atoms with Gasteiger partial charge in [0.1, 0.15) is 0 Å². The highest BCUT2D eigenvalue weighted by molar-refractivity contribution is 5.81. The van der Waals surface area contributed by atoms with Crippen LogP contribution >= 0.6 is 0 Å². The van der Waals surface area contributed by atoms with E-state index in [9.17, 15) is 4.79 Å². The van der Waals surface area contributed by atoms with Gasteiger partial charge in [0.05, 0.1) is 24.6 Å². The molecular weight excluding hydrogens is 348 g/mol. The van der Waals surface area contributed by atoms with Crippen molar-refractivity contribution in [1.82, 2.24) is 9.97 Å². The van der Waals surface area contributed by atoms with E-state index < -0.39 is 0 Å². The van der Waals surface area contributed by atoms with Gasteiger partial charge in [0.15, 0.2) is 11.5 Å². The van der Waals surface area contributed by atoms with Crippen LogP contribution in [0, 0.1) is 6.92 Å². The summed E-state index contributed by atoms with van der Waals surface area (Å²) in [6, 6.07) is 5.52. The molecule has 0 aliphatic rings. The third kappa shape index (κ3) is 5.82. The fraction of sp³-hybridized carbons (Fsp3) is 0.421. The Morgan fingerprint density at radius 3 is 2.78 bits per heavy atom. The molecule has 2 rings (SSSR count). The predicted octanol–water partition coefficient (Wildman–Crippen LogP) is 2.25. The average molecular weight is 374 g/mol. The van der Waals surface area contributed by atoms with Gasteiger partial charge in [-0.25, -0.2) is 10.4 Å². The van der Waals surface area contributed by atoms with Gasteiger partial charge in [-0.1, -0.05) is 0 Å². The second-order valence-corrected chi connectivity index (χ2v) is 6.13. The molecular formula is C19H26N4O4. The van der Waals surface area contributed by atoms with Crippen molar-refractivity contribution >= 4 is 12.2 Å². The number of ether oxygens (including phenoxy) is 2. The minimum absolute atomic E-state index is 0.0466. The predicted molar refractivity (Wildman–Crippen MR) is 105 cm³/mol. The van der Waals surface area contributed by atoms with Gasteiger partial charge in [-0.3, -0.25) is 9.78 Å². The zero-order chi connectivity index (χ0) is 19.8. The highest BCUT2D eigenvalue weighted by Crippen LogP contribution is 2.28. The number of nitrogens with zero attached hydrogens (tertiary/aromatic N) is 2. The van der Waals surface area contributed by atoms with Crippen LogP contribution < -0.4 is 20.5 Å². The Bertz CT molecular complexity index is 846. The summed E-state index contributed by atoms with van der Waals surface area (Å²) in [5.74, 6) is 1.56. The minimum atomic E-state index is -0.289. The van der Waals surface area contributed by atoms with Gasteiger partial charge in [0.25, 0.3) is 5.56 Å². The van der Waals surface area contributed by atoms with Crippen LogP contribution in [-0.2, 0) is 6.42 Å². The minimum Gasteiger partial charge on any atom is -0.490 e. The summed E-state index contributed by atoms with van der Waals surface area (Å²) in [6.07, 6.45) is 1.91. The zero-order valence-electron chi connectivity index (χ0n) is 16.1. The summed E-state index contributed by atoms with van der Waals surface area (Å²) in [4.78, 5) is 18.8. The molecule has 146 valence electrons. The number of rotatable bonds is 9. The van der Waals surface area contributed by atoms with E-state index in [1.807, 2.05) is 39.0 Å². The molecule has 0 aliphatic carbocycles. The van der Waals surface area contributed by atoms with Crippen molar-refractivity contribution in [2.24, 2.45) is 5.10 Å². The van der Waals surface area contributed by atoms with Gasteiger partial charge in [-0.2, -0.15) is 5.10 Å². The lowest BCUT2D eigenvalue weighted by molar-refractivity contribution is 0.224. The molecule has 27 heavy (non-hydrogen) atoms. The van der Waals surface area contributed by atoms with E-state index >= 15 is 0 Å². The van der Waals surface area contributed by atoms with Crippen LogP contribution in [0.3, 0.4) is 0 Å². The molecule has 1 aromatic carbocycles. The maximum atomic E-state index is 12.0. The van der Waals surface area contributed by atoms with Crippen molar-refractivity contribution in [3.05, 3.63) is 45.4 Å². The zero-order valence-corrected chi connectivity index (χ0v) is 16.1. The summed E-state index contributed by atoms with van der Waals surface area (Å²) in [5.41, 5.74) is 4.25. The lowest BCUT2D eigenvalue weighted by Gasteiger charge is -2.14. The number of H-pyrrole nitrogens is 1. The number of hydrogen-bond acceptors (Lipinski definition) is 7. The molecule has 0 saturated carbocycles. The first-order chi connectivity index (χ1) is 12.9. The third-order valence-corrected chi connectivity index (χ3v) is 3.60. The summed E-state index contributed by atoms with van der Waals surface area (Å²) in [5, 5.41) is 13.1. The number of benzene rings is 1. The number of aromatic nitrogens is 2. The van der Waals surface area contributed by atoms with E-state index in [0.717, 1.165) is 5.56 Å². The number of hydrogen-bond donors (Lipinski definition) is 3. The average Bonchev–Trinajstić information content (AvgIpc) is 2.60. The highest BCUT2D eigenvalue weighted by Gasteiger charge is 2.08. The third-order valence-electron chi connectivity index (χ3n) is 3.60. The van der Waals surface area contributed by atoms with E-state index in [0.29, 0.717) is 29.4 Å². The number of anilines is 1. The van der Waals surface area contributed by atoms with Gasteiger partial charge < -0.3 is 14.6 Å². The Hall–Kier alpha value is -2.87. The van der Waals surface area contributed by atoms with Gasteiger partial charge in [-0.05, 0) is 51.5 Å². The Balaban J connectivity index is 2.14. The van der Waals surface area contributed by atoms with Crippen LogP contribution in [0.2, 0.25) is 0 Å². The summed E-state index contributed by atoms with van der Waals surface area (Å²) in [7, 11) is 0. The number of hydrazone groups is 1. The first-order valence-corrected chi connectivity index (χ1v) is 8.87. The second kappa shape index (κ2) is 9.72. The highest BCUT2D eigenvalue weighted by atomic mass is 16.5. The maximum absolute atomic E-state index is 12.0. The fourth-order valence-corrected chi connectivity index (χ4v) is 2.46. The van der Waals surface area contributed by atoms with Crippen molar-refractivity contribution in [2.45, 2.75) is 40.2 Å². The first-order valence-electron chi connectivity index (χ1n) is 8.87. The topological polar surface area (TPSA) is 109 Å². The first kappa shape index (κ1) is 20.4. The summed E-state index contributed by atoms with van der Waals surface area (Å²) >= 11 is 0. The van der Waals surface area contributed by atoms with E-state index in [4.69, 9.17) is 14.6 Å². The van der Waals surface area contributed by atoms with Crippen molar-refractivity contribution in [2.75, 3.05) is 18.6 Å². The number of nitrogens with one attached hydrogen (secondary N) is 2. The Morgan fingerprint density at radius 1 is 1.37 bits per heavy atom. The molecule has 0 aliphatic heterocycles. The maximum Gasteiger partial charge on any atom is 0.255 e. The molecule has 0 spiro atoms. The largest absolute Gasteiger partial charge is 0.490 e. The molecule has 2 aromatic rings. The van der Waals surface area contributed by atoms with Gasteiger partial charge in [0, 0.05) is 18.6 Å². The molecule has 0 saturated heterocycles. The van der Waals surface area contributed by atoms with E-state index in [-0.39, 0.29) is 30.6 Å². The van der Waals surface area contributed by atoms with Crippen LogP contribution in [0.15, 0.2) is 28.1 Å². The number of aryl methyl sites for hydroxylation is 1. The number of aromatic amines is 1. The van der Waals surface area contributed by atoms with Crippen LogP contribution in [0.1, 0.15) is 37.6 Å². The summed E-state index contributed by atoms with van der Waals surface area (Å²) < 4.78 is 11.4. The van der Waals surface area contributed by atoms with Crippen molar-refractivity contribution in [1.29, 1.82) is 0 Å². The SMILES string of the molecule is CCOc1cc(/C=N\Nc2nc(C)c(CCO)c(=O)[nH]2)ccc1OC(C)C. The molecule has 0 unspecified atom stereocenters. The van der Waals surface area contributed by atoms with E-state index in [2.05, 4.69) is 20.5 Å². The normalized spacial score (nSPS) is 11.2.